The van der Waals surface area contributed by atoms with Gasteiger partial charge in [0.1, 0.15) is 5.82 Å². The van der Waals surface area contributed by atoms with Crippen molar-refractivity contribution in [1.82, 2.24) is 14.1 Å². The Hall–Kier alpha value is -11.2. The molecule has 0 amide bonds. The first-order chi connectivity index (χ1) is 56.2. The molecule has 0 aliphatic carbocycles. The van der Waals surface area contributed by atoms with E-state index in [-0.39, 0.29) is 76.1 Å². The van der Waals surface area contributed by atoms with Gasteiger partial charge in [-0.1, -0.05) is 285 Å². The molecule has 0 aliphatic heterocycles. The number of nitrogens with zero attached hydrogens (tertiary/aromatic N) is 4. The summed E-state index contributed by atoms with van der Waals surface area (Å²) >= 11 is 0. The van der Waals surface area contributed by atoms with Crippen molar-refractivity contribution in [1.29, 1.82) is 0 Å². The average Bonchev–Trinajstić information content (AvgIpc) is 1.54. The van der Waals surface area contributed by atoms with Gasteiger partial charge in [-0.2, -0.15) is 18.2 Å². The second kappa shape index (κ2) is 27.7. The first-order valence-corrected chi connectivity index (χ1v) is 37.5. The topological polar surface area (TPSA) is 35.9 Å². The predicted octanol–water partition coefficient (Wildman–Crippen LogP) is 27.7. The summed E-state index contributed by atoms with van der Waals surface area (Å²) in [5.74, 6) is 1.48. The van der Waals surface area contributed by atoms with Gasteiger partial charge < -0.3 is 13.9 Å². The van der Waals surface area contributed by atoms with Gasteiger partial charge in [0.15, 0.2) is 0 Å². The van der Waals surface area contributed by atoms with Crippen LogP contribution in [-0.2, 0) is 48.1 Å². The van der Waals surface area contributed by atoms with E-state index in [2.05, 4.69) is 266 Å². The Morgan fingerprint density at radius 2 is 0.800 bits per heavy atom. The number of benzene rings is 13. The van der Waals surface area contributed by atoms with Gasteiger partial charge in [0, 0.05) is 44.3 Å². The maximum atomic E-state index is 9.65. The summed E-state index contributed by atoms with van der Waals surface area (Å²) in [4.78, 5) is 4.92. The smallest absolute Gasteiger partial charge is 0.268 e. The van der Waals surface area contributed by atoms with E-state index < -0.39 is 60.4 Å². The normalized spacial score (nSPS) is 13.7. The first-order valence-electron chi connectivity index (χ1n) is 42.5. The summed E-state index contributed by atoms with van der Waals surface area (Å²) in [5, 5.41) is 14.7. The fraction of sp³-hybridized carbons (Fsp3) is 0.192. The molecule has 5 nitrogen and oxygen atoms in total. The van der Waals surface area contributed by atoms with Gasteiger partial charge >= 0.3 is 0 Å². The molecule has 110 heavy (non-hydrogen) atoms. The number of pyridine rings is 1. The molecule has 0 radical (unpaired) electrons. The van der Waals surface area contributed by atoms with Crippen molar-refractivity contribution >= 4 is 97.5 Å². The van der Waals surface area contributed by atoms with Crippen LogP contribution in [0.25, 0.3) is 148 Å². The van der Waals surface area contributed by atoms with Crippen LogP contribution in [0.5, 0.6) is 11.5 Å². The van der Waals surface area contributed by atoms with Crippen LogP contribution in [-0.4, -0.2) is 14.1 Å². The molecule has 0 aliphatic rings. The molecule has 0 fully saturated rings. The van der Waals surface area contributed by atoms with Gasteiger partial charge in [-0.15, -0.1) is 29.7 Å². The van der Waals surface area contributed by atoms with E-state index in [0.29, 0.717) is 28.2 Å². The molecular weight excluding hydrogens is 1520 g/mol. The molecule has 17 aromatic rings. The standard InChI is InChI=1S/C104H92N4O.Pt/c1-100(2,3)82-43-44-105-98(62-82)108-94-38-23-22-35-92(94)93-41-40-89(64-96(93)108)109-88-34-25-33-87(63-88)106-65-107(99-90(66-27-18-16-19-28-66)36-26-37-91(99)67-29-20-17-21-30-67)97-61-70(39-42-95(97)106)71-46-72-48-73(47-71)77-52-81(60-86(56-77)104(13,14)15)79-50-75(54-84(58-79)102(7,8)9)69-32-24-31-68(45-69)74-49-78(57-83(53-74)101(4,5)6)80-51-76(72)55-85(59-80)103(10,11)12;/h16-62H,1-15H3;/q-2;/i16D,17D,18D,19D,20D,21D,27D,28D,29D,30D;. The molecule has 14 aromatic carbocycles. The van der Waals surface area contributed by atoms with Crippen LogP contribution in [0, 0.1) is 18.5 Å². The third-order valence-electron chi connectivity index (χ3n) is 21.4. The number of rotatable bonds is 8. The van der Waals surface area contributed by atoms with Gasteiger partial charge in [-0.3, -0.25) is 4.57 Å². The Bertz CT molecular complexity index is 6980. The Morgan fingerprint density at radius 3 is 1.30 bits per heavy atom. The second-order valence-electron chi connectivity index (χ2n) is 34.3. The second-order valence-corrected chi connectivity index (χ2v) is 34.3. The summed E-state index contributed by atoms with van der Waals surface area (Å²) < 4.78 is 105. The van der Waals surface area contributed by atoms with Crippen molar-refractivity contribution in [3.05, 3.63) is 331 Å². The Balaban J connectivity index is 0.0000107. The average molecular weight is 1620 g/mol. The van der Waals surface area contributed by atoms with E-state index in [0.717, 1.165) is 120 Å². The van der Waals surface area contributed by atoms with Gasteiger partial charge in [0.25, 0.3) is 6.33 Å². The van der Waals surface area contributed by atoms with Crippen molar-refractivity contribution in [2.45, 2.75) is 131 Å². The fourth-order valence-electron chi connectivity index (χ4n) is 15.1. The zero-order chi connectivity index (χ0) is 84.3. The molecule has 0 unspecified atom stereocenters. The van der Waals surface area contributed by atoms with Crippen molar-refractivity contribution in [3.63, 3.8) is 0 Å². The van der Waals surface area contributed by atoms with E-state index >= 15 is 0 Å². The van der Waals surface area contributed by atoms with Crippen LogP contribution in [0.3, 0.4) is 0 Å². The third-order valence-corrected chi connectivity index (χ3v) is 21.4. The fourth-order valence-corrected chi connectivity index (χ4v) is 15.1. The molecule has 17 rings (SSSR count). The molecule has 0 spiro atoms. The van der Waals surface area contributed by atoms with Gasteiger partial charge in [-0.25, -0.2) is 4.98 Å². The van der Waals surface area contributed by atoms with E-state index in [9.17, 15) is 5.48 Å². The number of hydrogen-bond acceptors (Lipinski definition) is 2. The molecule has 546 valence electrons. The van der Waals surface area contributed by atoms with E-state index in [1.165, 1.54) is 11.1 Å². The zero-order valence-corrected chi connectivity index (χ0v) is 67.1. The molecule has 0 N–H and O–H groups in total. The SMILES string of the molecule is [2H]c1c([2H])c([2H])c(-c2cccc(-c3c([2H])c([2H])c([2H])c([2H])c3[2H])c2-[n+]2[c-]n(-c3[c-]c(Oc4[c-]c5c(cc4)c4ccccc4n5-c4cc(C(C)(C)C)ccn4)ccc3)c3ccc(-c4cc5cc(c4)c4cc(C(C)(C)C)cc(c4)c4cc(C(C)(C)C)cc(c4)c4cccc(c4)c4cc(C(C)(C)C)cc(c4)c4cc(C(C)(C)C)cc5c4)cc32)c([2H])c1[2H].[Pt]. The Labute approximate surface area is 675 Å². The van der Waals surface area contributed by atoms with Gasteiger partial charge in [-0.05, 0) is 237 Å². The number of ether oxygens (including phenoxy) is 1. The summed E-state index contributed by atoms with van der Waals surface area (Å²) in [7, 11) is 0. The van der Waals surface area contributed by atoms with Gasteiger partial charge in [0.05, 0.1) is 30.4 Å². The molecule has 0 saturated heterocycles. The van der Waals surface area contributed by atoms with Gasteiger partial charge in [0.2, 0.25) is 0 Å². The number of para-hydroxylation sites is 2. The van der Waals surface area contributed by atoms with Crippen LogP contribution in [0.15, 0.2) is 285 Å². The zero-order valence-electron chi connectivity index (χ0n) is 74.9. The maximum Gasteiger partial charge on any atom is 0.268 e. The summed E-state index contributed by atoms with van der Waals surface area (Å²) in [6.07, 6.45) is 5.52. The van der Waals surface area contributed by atoms with Crippen LogP contribution in [0.1, 0.15) is 145 Å². The molecule has 3 aromatic heterocycles. The van der Waals surface area contributed by atoms with E-state index in [1.807, 2.05) is 71.4 Å². The van der Waals surface area contributed by atoms with Crippen LogP contribution >= 0.6 is 0 Å². The van der Waals surface area contributed by atoms with Crippen molar-refractivity contribution < 1.29 is 44.1 Å². The monoisotopic (exact) mass is 1620 g/mol. The summed E-state index contributed by atoms with van der Waals surface area (Å²) in [6.45, 7) is 33.8. The van der Waals surface area contributed by atoms with Crippen LogP contribution in [0.4, 0.5) is 0 Å². The number of hydrogen-bond donors (Lipinski definition) is 0. The van der Waals surface area contributed by atoms with Crippen molar-refractivity contribution in [2.75, 3.05) is 0 Å². The van der Waals surface area contributed by atoms with Crippen molar-refractivity contribution in [3.8, 4) is 62.1 Å². The summed E-state index contributed by atoms with van der Waals surface area (Å²) in [6, 6.07) is 78.5. The molecular formula is C104H92N4OPt-2. The molecule has 3 heterocycles. The Morgan fingerprint density at radius 1 is 0.355 bits per heavy atom. The first kappa shape index (κ1) is 61.6. The van der Waals surface area contributed by atoms with E-state index in [1.54, 1.807) is 22.8 Å². The van der Waals surface area contributed by atoms with Crippen LogP contribution < -0.4 is 9.30 Å². The minimum Gasteiger partial charge on any atom is -0.510 e. The largest absolute Gasteiger partial charge is 0.510 e. The van der Waals surface area contributed by atoms with Crippen molar-refractivity contribution in [2.24, 2.45) is 0 Å². The molecule has 6 heteroatoms. The molecule has 0 saturated carbocycles. The summed E-state index contributed by atoms with van der Waals surface area (Å²) in [5.41, 5.74) is 9.45. The number of aromatic nitrogens is 4. The third kappa shape index (κ3) is 14.0. The molecule has 0 atom stereocenters. The maximum absolute atomic E-state index is 9.65. The van der Waals surface area contributed by atoms with E-state index in [4.69, 9.17) is 17.9 Å². The van der Waals surface area contributed by atoms with Crippen LogP contribution in [0.2, 0.25) is 0 Å². The number of imidazole rings is 1. The predicted molar refractivity (Wildman–Crippen MR) is 461 cm³/mol. The molecule has 12 bridgehead atoms. The number of fused-ring (bicyclic) bond motifs is 22. The Kier molecular flexibility index (Phi) is 15.5. The minimum absolute atomic E-state index is 0. The minimum atomic E-state index is -0.597. The quantitative estimate of drug-likeness (QED) is 0.112.